The molecule has 0 radical (unpaired) electrons. The second-order valence-corrected chi connectivity index (χ2v) is 17.4. The molecule has 0 N–H and O–H groups in total. The highest BCUT2D eigenvalue weighted by molar-refractivity contribution is 9.09. The molecule has 3 aliphatic carbocycles. The van der Waals surface area contributed by atoms with Gasteiger partial charge in [-0.3, -0.25) is 4.98 Å². The third-order valence-corrected chi connectivity index (χ3v) is 12.3. The van der Waals surface area contributed by atoms with Gasteiger partial charge in [-0.15, -0.1) is 0 Å². The maximum absolute atomic E-state index is 4.10. The number of aromatic nitrogens is 3. The van der Waals surface area contributed by atoms with Gasteiger partial charge < -0.3 is 34.0 Å². The summed E-state index contributed by atoms with van der Waals surface area (Å²) in [5, 5.41) is 2.26. The maximum atomic E-state index is 4.10. The van der Waals surface area contributed by atoms with Gasteiger partial charge in [-0.1, -0.05) is 80.5 Å². The van der Waals surface area contributed by atoms with Gasteiger partial charge in [-0.25, -0.2) is 9.13 Å². The number of allylic oxidation sites excluding steroid dienone is 8. The van der Waals surface area contributed by atoms with Crippen LogP contribution in [-0.4, -0.2) is 15.6 Å². The average Bonchev–Trinajstić information content (AvgIpc) is 3.25. The smallest absolute Gasteiger partial charge is 0.172 e. The van der Waals surface area contributed by atoms with Crippen molar-refractivity contribution in [1.29, 1.82) is 0 Å². The first-order valence-electron chi connectivity index (χ1n) is 22.5. The van der Waals surface area contributed by atoms with Gasteiger partial charge in [0.25, 0.3) is 0 Å². The minimum Gasteiger partial charge on any atom is -1.00 e. The van der Waals surface area contributed by atoms with Crippen LogP contribution in [0.25, 0.3) is 0 Å². The fourth-order valence-corrected chi connectivity index (χ4v) is 8.59. The van der Waals surface area contributed by atoms with E-state index in [0.29, 0.717) is 0 Å². The summed E-state index contributed by atoms with van der Waals surface area (Å²) in [6.07, 6.45) is 62.0. The molecule has 0 fully saturated rings. The van der Waals surface area contributed by atoms with Crippen LogP contribution in [-0.2, 0) is 51.6 Å². The van der Waals surface area contributed by atoms with Crippen LogP contribution in [0.1, 0.15) is 149 Å². The van der Waals surface area contributed by atoms with Crippen molar-refractivity contribution in [1.82, 2.24) is 4.98 Å². The van der Waals surface area contributed by atoms with Crippen molar-refractivity contribution >= 4 is 31.9 Å². The highest BCUT2D eigenvalue weighted by atomic mass is 79.9. The lowest BCUT2D eigenvalue weighted by molar-refractivity contribution is -0.698. The van der Waals surface area contributed by atoms with Crippen molar-refractivity contribution < 1.29 is 43.1 Å². The second kappa shape index (κ2) is 35.0. The van der Waals surface area contributed by atoms with E-state index in [1.807, 2.05) is 12.4 Å². The minimum absolute atomic E-state index is 0. The first-order chi connectivity index (χ1) is 27.8. The average molecular weight is 1050 g/mol. The van der Waals surface area contributed by atoms with Gasteiger partial charge >= 0.3 is 0 Å². The van der Waals surface area contributed by atoms with Crippen LogP contribution in [0.5, 0.6) is 0 Å². The van der Waals surface area contributed by atoms with Crippen molar-refractivity contribution in [3.8, 4) is 0 Å². The van der Waals surface area contributed by atoms with Crippen LogP contribution in [0.2, 0.25) is 0 Å². The Kier molecular flexibility index (Phi) is 31.6. The quantitative estimate of drug-likeness (QED) is 0.0502. The Morgan fingerprint density at radius 3 is 1.21 bits per heavy atom. The highest BCUT2D eigenvalue weighted by Gasteiger charge is 2.14. The Morgan fingerprint density at radius 1 is 0.448 bits per heavy atom. The molecule has 0 atom stereocenters. The van der Waals surface area contributed by atoms with Gasteiger partial charge in [0.1, 0.15) is 13.1 Å². The van der Waals surface area contributed by atoms with E-state index in [4.69, 9.17) is 0 Å². The standard InChI is InChI=1S/C30H42N2.C12H20Br2.C9H11N.2BrH/c1(3-5-7-13-21-31-23-19-27-15-9-11-17-29(27)25-31)2-4-6-8-14-22-32-24-20-28-16-10-12-18-30(28)26-32;13-11-9-7-5-3-1-2-4-6-8-10-12-14;1-2-4-9-7-10-6-5-8(9)3-1;;/h1-4,19-20,23-26H,5-18,21-22H2;1-4H,5-12H2;5-7H,1-4H2;2*1H/q+2;;;;/p-2/b2*3-1-,4-2-;;;. The Bertz CT molecular complexity index is 1500. The first kappa shape index (κ1) is 52.5. The van der Waals surface area contributed by atoms with E-state index in [9.17, 15) is 0 Å². The molecule has 3 aliphatic rings. The Balaban J connectivity index is 0.000000368. The number of pyridine rings is 3. The molecule has 7 heteroatoms. The monoisotopic (exact) mass is 1040 g/mol. The fourth-order valence-electron chi connectivity index (χ4n) is 7.80. The summed E-state index contributed by atoms with van der Waals surface area (Å²) in [6.45, 7) is 2.30. The second-order valence-electron chi connectivity index (χ2n) is 15.8. The predicted molar refractivity (Wildman–Crippen MR) is 247 cm³/mol. The molecule has 3 heterocycles. The molecule has 3 aromatic heterocycles. The number of aryl methyl sites for hydroxylation is 8. The molecule has 0 saturated heterocycles. The van der Waals surface area contributed by atoms with E-state index in [0.717, 1.165) is 23.7 Å². The van der Waals surface area contributed by atoms with Crippen LogP contribution in [0, 0.1) is 0 Å². The summed E-state index contributed by atoms with van der Waals surface area (Å²) in [5.74, 6) is 0. The summed E-state index contributed by atoms with van der Waals surface area (Å²) in [5.41, 5.74) is 9.32. The maximum Gasteiger partial charge on any atom is 0.172 e. The molecule has 320 valence electrons. The molecule has 0 spiro atoms. The topological polar surface area (TPSA) is 20.6 Å². The van der Waals surface area contributed by atoms with E-state index in [-0.39, 0.29) is 34.0 Å². The number of unbranched alkanes of at least 4 members (excludes halogenated alkanes) is 8. The number of alkyl halides is 2. The number of rotatable bonds is 20. The summed E-state index contributed by atoms with van der Waals surface area (Å²) >= 11 is 6.85. The third kappa shape index (κ3) is 22.8. The van der Waals surface area contributed by atoms with Gasteiger partial charge in [-0.2, -0.15) is 0 Å². The van der Waals surface area contributed by atoms with Crippen LogP contribution in [0.4, 0.5) is 0 Å². The zero-order valence-corrected chi connectivity index (χ0v) is 41.8. The molecule has 0 aliphatic heterocycles. The van der Waals surface area contributed by atoms with Crippen LogP contribution < -0.4 is 43.1 Å². The molecule has 0 unspecified atom stereocenters. The molecule has 3 nitrogen and oxygen atoms in total. The number of nitrogens with zero attached hydrogens (tertiary/aromatic N) is 3. The summed E-state index contributed by atoms with van der Waals surface area (Å²) in [4.78, 5) is 4.10. The van der Waals surface area contributed by atoms with Gasteiger partial charge in [0.2, 0.25) is 0 Å². The van der Waals surface area contributed by atoms with Crippen molar-refractivity contribution in [2.75, 3.05) is 10.7 Å². The van der Waals surface area contributed by atoms with Crippen molar-refractivity contribution in [2.24, 2.45) is 0 Å². The number of fused-ring (bicyclic) bond motifs is 3. The highest BCUT2D eigenvalue weighted by Crippen LogP contribution is 2.21. The SMILES string of the molecule is BrCCCC/C=C\C=C/CCCCBr.C(/C=C\CCCC[n+]1ccc2c(c1)CCCC2)=C/CCCC[n+]1ccc2c(c1)CCCC2.[Br-].[Br-].c1cc2c(cn1)CCCC2. The van der Waals surface area contributed by atoms with E-state index < -0.39 is 0 Å². The Hall–Kier alpha value is -1.67. The van der Waals surface area contributed by atoms with Crippen LogP contribution >= 0.6 is 31.9 Å². The zero-order valence-electron chi connectivity index (χ0n) is 35.5. The molecule has 58 heavy (non-hydrogen) atoms. The first-order valence-corrected chi connectivity index (χ1v) is 24.7. The van der Waals surface area contributed by atoms with E-state index in [2.05, 4.69) is 138 Å². The van der Waals surface area contributed by atoms with Crippen molar-refractivity contribution in [3.63, 3.8) is 0 Å². The minimum atomic E-state index is 0. The lowest BCUT2D eigenvalue weighted by atomic mass is 9.93. The molecular weight excluding hydrogens is 974 g/mol. The molecule has 6 rings (SSSR count). The van der Waals surface area contributed by atoms with E-state index in [1.54, 1.807) is 22.3 Å². The predicted octanol–water partition coefficient (Wildman–Crippen LogP) is 7.37. The number of halogens is 4. The number of hydrogen-bond donors (Lipinski definition) is 0. The van der Waals surface area contributed by atoms with E-state index in [1.165, 1.54) is 165 Å². The van der Waals surface area contributed by atoms with Crippen molar-refractivity contribution in [3.05, 3.63) is 137 Å². The summed E-state index contributed by atoms with van der Waals surface area (Å²) < 4.78 is 4.80. The normalized spacial score (nSPS) is 14.4. The lowest BCUT2D eigenvalue weighted by Gasteiger charge is -2.13. The van der Waals surface area contributed by atoms with Crippen molar-refractivity contribution in [2.45, 2.75) is 167 Å². The van der Waals surface area contributed by atoms with Gasteiger partial charge in [0, 0.05) is 59.2 Å². The van der Waals surface area contributed by atoms with Crippen LogP contribution in [0.15, 0.2) is 104 Å². The Morgan fingerprint density at radius 2 is 0.810 bits per heavy atom. The molecular formula is C51H73Br4N3. The zero-order chi connectivity index (χ0) is 39.1. The third-order valence-electron chi connectivity index (χ3n) is 11.2. The molecule has 0 bridgehead atoms. The fraction of sp³-hybridized carbons (Fsp3) is 0.549. The molecule has 3 aromatic rings. The molecule has 0 amide bonds. The molecule has 0 aromatic carbocycles. The largest absolute Gasteiger partial charge is 1.00 e. The van der Waals surface area contributed by atoms with Gasteiger partial charge in [-0.05, 0) is 170 Å². The van der Waals surface area contributed by atoms with E-state index >= 15 is 0 Å². The summed E-state index contributed by atoms with van der Waals surface area (Å²) in [6, 6.07) is 6.85. The van der Waals surface area contributed by atoms with Gasteiger partial charge in [0.15, 0.2) is 24.8 Å². The van der Waals surface area contributed by atoms with Gasteiger partial charge in [0.05, 0.1) is 0 Å². The Labute approximate surface area is 392 Å². The summed E-state index contributed by atoms with van der Waals surface area (Å²) in [7, 11) is 0. The molecule has 0 saturated carbocycles. The van der Waals surface area contributed by atoms with Crippen LogP contribution in [0.3, 0.4) is 0 Å². The number of hydrogen-bond acceptors (Lipinski definition) is 1. The lowest BCUT2D eigenvalue weighted by Crippen LogP contribution is -3.00.